The minimum Gasteiger partial charge on any atom is -0.481 e. The van der Waals surface area contributed by atoms with Crippen LogP contribution in [0.2, 0.25) is 0 Å². The molecule has 1 rings (SSSR count). The van der Waals surface area contributed by atoms with E-state index in [1.54, 1.807) is 25.7 Å². The lowest BCUT2D eigenvalue weighted by Gasteiger charge is -2.31. The summed E-state index contributed by atoms with van der Waals surface area (Å²) in [6, 6.07) is 0. The maximum Gasteiger partial charge on any atom is 0.393 e. The Bertz CT molecular complexity index is 283. The first-order chi connectivity index (χ1) is 7.03. The van der Waals surface area contributed by atoms with E-state index in [-0.39, 0.29) is 13.1 Å². The largest absolute Gasteiger partial charge is 0.481 e. The summed E-state index contributed by atoms with van der Waals surface area (Å²) in [6.07, 6.45) is -4.44. The highest BCUT2D eigenvalue weighted by molar-refractivity contribution is 5.71. The molecule has 6 heteroatoms. The molecule has 1 heterocycles. The van der Waals surface area contributed by atoms with Gasteiger partial charge in [0.1, 0.15) is 0 Å². The first-order valence-corrected chi connectivity index (χ1v) is 5.08. The van der Waals surface area contributed by atoms with E-state index < -0.39 is 29.5 Å². The number of rotatable bonds is 1. The van der Waals surface area contributed by atoms with Gasteiger partial charge in [-0.25, -0.2) is 0 Å². The molecule has 1 aliphatic rings. The summed E-state index contributed by atoms with van der Waals surface area (Å²) in [5, 5.41) is 8.80. The van der Waals surface area contributed by atoms with Crippen LogP contribution < -0.4 is 0 Å². The third-order valence-electron chi connectivity index (χ3n) is 3.01. The van der Waals surface area contributed by atoms with Gasteiger partial charge in [-0.2, -0.15) is 13.2 Å². The SMILES string of the molecule is CC(C)(C)N1C[C@@H](C(F)(F)F)[C@H](C(=O)O)C1. The molecule has 94 valence electrons. The summed E-state index contributed by atoms with van der Waals surface area (Å²) < 4.78 is 37.9. The molecule has 1 N–H and O–H groups in total. The van der Waals surface area contributed by atoms with E-state index in [2.05, 4.69) is 0 Å². The lowest BCUT2D eigenvalue weighted by Crippen LogP contribution is -2.40. The van der Waals surface area contributed by atoms with Crippen molar-refractivity contribution in [1.82, 2.24) is 4.90 Å². The molecule has 0 spiro atoms. The van der Waals surface area contributed by atoms with Gasteiger partial charge >= 0.3 is 12.1 Å². The third kappa shape index (κ3) is 2.66. The van der Waals surface area contributed by atoms with Crippen LogP contribution >= 0.6 is 0 Å². The monoisotopic (exact) mass is 239 g/mol. The molecule has 0 bridgehead atoms. The van der Waals surface area contributed by atoms with Gasteiger partial charge in [0.2, 0.25) is 0 Å². The van der Waals surface area contributed by atoms with Gasteiger partial charge in [0.05, 0.1) is 11.8 Å². The Hall–Kier alpha value is -0.780. The van der Waals surface area contributed by atoms with Crippen molar-refractivity contribution in [2.75, 3.05) is 13.1 Å². The fourth-order valence-electron chi connectivity index (χ4n) is 1.93. The summed E-state index contributed by atoms with van der Waals surface area (Å²) in [5.74, 6) is -4.47. The predicted octanol–water partition coefficient (Wildman–Crippen LogP) is 1.98. The fraction of sp³-hybridized carbons (Fsp3) is 0.900. The van der Waals surface area contributed by atoms with Crippen LogP contribution in [0.5, 0.6) is 0 Å². The second-order valence-corrected chi connectivity index (χ2v) is 5.17. The number of nitrogens with zero attached hydrogens (tertiary/aromatic N) is 1. The van der Waals surface area contributed by atoms with Crippen LogP contribution in [0, 0.1) is 11.8 Å². The molecule has 3 nitrogen and oxygen atoms in total. The number of aliphatic carboxylic acids is 1. The molecule has 0 aromatic carbocycles. The van der Waals surface area contributed by atoms with Gasteiger partial charge in [0.25, 0.3) is 0 Å². The van der Waals surface area contributed by atoms with Gasteiger partial charge in [0, 0.05) is 18.6 Å². The zero-order valence-corrected chi connectivity index (χ0v) is 9.51. The quantitative estimate of drug-likeness (QED) is 0.760. The predicted molar refractivity (Wildman–Crippen MR) is 52.0 cm³/mol. The minimum absolute atomic E-state index is 0.0387. The van der Waals surface area contributed by atoms with E-state index in [1.807, 2.05) is 0 Å². The standard InChI is InChI=1S/C10H16F3NO2/c1-9(2,3)14-4-6(8(15)16)7(5-14)10(11,12)13/h6-7H,4-5H2,1-3H3,(H,15,16)/t6-,7-/m1/s1. The molecule has 2 atom stereocenters. The number of alkyl halides is 3. The Morgan fingerprint density at radius 2 is 1.75 bits per heavy atom. The molecule has 0 radical (unpaired) electrons. The average molecular weight is 239 g/mol. The van der Waals surface area contributed by atoms with Gasteiger partial charge in [-0.1, -0.05) is 0 Å². The van der Waals surface area contributed by atoms with E-state index in [4.69, 9.17) is 5.11 Å². The van der Waals surface area contributed by atoms with Crippen molar-refractivity contribution in [3.8, 4) is 0 Å². The second kappa shape index (κ2) is 3.91. The van der Waals surface area contributed by atoms with Crippen LogP contribution in [0.15, 0.2) is 0 Å². The highest BCUT2D eigenvalue weighted by Crippen LogP contribution is 2.39. The Kier molecular flexibility index (Phi) is 3.24. The summed E-state index contributed by atoms with van der Waals surface area (Å²) in [5.41, 5.74) is -0.437. The molecule has 1 saturated heterocycles. The average Bonchev–Trinajstić information content (AvgIpc) is 2.44. The van der Waals surface area contributed by atoms with Crippen molar-refractivity contribution in [2.24, 2.45) is 11.8 Å². The van der Waals surface area contributed by atoms with Crippen LogP contribution in [-0.4, -0.2) is 40.8 Å². The zero-order valence-electron chi connectivity index (χ0n) is 9.51. The lowest BCUT2D eigenvalue weighted by molar-refractivity contribution is -0.188. The van der Waals surface area contributed by atoms with Crippen molar-refractivity contribution in [3.63, 3.8) is 0 Å². The molecule has 0 aromatic rings. The number of likely N-dealkylation sites (tertiary alicyclic amines) is 1. The van der Waals surface area contributed by atoms with Gasteiger partial charge < -0.3 is 5.11 Å². The second-order valence-electron chi connectivity index (χ2n) is 5.17. The molecule has 0 amide bonds. The maximum absolute atomic E-state index is 12.6. The number of halogens is 3. The van der Waals surface area contributed by atoms with Crippen LogP contribution in [0.1, 0.15) is 20.8 Å². The lowest BCUT2D eigenvalue weighted by atomic mass is 9.96. The minimum atomic E-state index is -4.44. The molecule has 0 aliphatic carbocycles. The number of hydrogen-bond acceptors (Lipinski definition) is 2. The maximum atomic E-state index is 12.6. The Morgan fingerprint density at radius 3 is 2.00 bits per heavy atom. The molecule has 0 aromatic heterocycles. The summed E-state index contributed by atoms with van der Waals surface area (Å²) in [4.78, 5) is 12.4. The topological polar surface area (TPSA) is 40.5 Å². The molecule has 16 heavy (non-hydrogen) atoms. The number of carboxylic acids is 1. The van der Waals surface area contributed by atoms with Crippen molar-refractivity contribution >= 4 is 5.97 Å². The highest BCUT2D eigenvalue weighted by atomic mass is 19.4. The Labute approximate surface area is 92.2 Å². The van der Waals surface area contributed by atoms with E-state index >= 15 is 0 Å². The number of carbonyl (C=O) groups is 1. The van der Waals surface area contributed by atoms with Gasteiger partial charge in [-0.15, -0.1) is 0 Å². The van der Waals surface area contributed by atoms with Gasteiger partial charge in [-0.05, 0) is 20.8 Å². The number of hydrogen-bond donors (Lipinski definition) is 1. The fourth-order valence-corrected chi connectivity index (χ4v) is 1.93. The third-order valence-corrected chi connectivity index (χ3v) is 3.01. The van der Waals surface area contributed by atoms with E-state index in [1.165, 1.54) is 0 Å². The van der Waals surface area contributed by atoms with Crippen LogP contribution in [-0.2, 0) is 4.79 Å². The molecule has 1 aliphatic heterocycles. The normalized spacial score (nSPS) is 28.4. The van der Waals surface area contributed by atoms with Crippen LogP contribution in [0.25, 0.3) is 0 Å². The summed E-state index contributed by atoms with van der Waals surface area (Å²) in [6.45, 7) is 5.08. The van der Waals surface area contributed by atoms with E-state index in [0.717, 1.165) is 0 Å². The van der Waals surface area contributed by atoms with Crippen LogP contribution in [0.4, 0.5) is 13.2 Å². The molecule has 1 fully saturated rings. The first kappa shape index (κ1) is 13.3. The molecule has 0 unspecified atom stereocenters. The van der Waals surface area contributed by atoms with E-state index in [9.17, 15) is 18.0 Å². The first-order valence-electron chi connectivity index (χ1n) is 5.08. The number of carboxylic acid groups (broad SMARTS) is 1. The van der Waals surface area contributed by atoms with Gasteiger partial charge in [-0.3, -0.25) is 9.69 Å². The van der Waals surface area contributed by atoms with Crippen molar-refractivity contribution < 1.29 is 23.1 Å². The van der Waals surface area contributed by atoms with Crippen molar-refractivity contribution in [1.29, 1.82) is 0 Å². The smallest absolute Gasteiger partial charge is 0.393 e. The van der Waals surface area contributed by atoms with Crippen molar-refractivity contribution in [2.45, 2.75) is 32.5 Å². The highest BCUT2D eigenvalue weighted by Gasteiger charge is 2.53. The summed E-state index contributed by atoms with van der Waals surface area (Å²) >= 11 is 0. The summed E-state index contributed by atoms with van der Waals surface area (Å²) in [7, 11) is 0. The molecular weight excluding hydrogens is 223 g/mol. The van der Waals surface area contributed by atoms with E-state index in [0.29, 0.717) is 0 Å². The van der Waals surface area contributed by atoms with Gasteiger partial charge in [0.15, 0.2) is 0 Å². The van der Waals surface area contributed by atoms with Crippen LogP contribution in [0.3, 0.4) is 0 Å². The zero-order chi connectivity index (χ0) is 12.7. The Balaban J connectivity index is 2.89. The molecular formula is C10H16F3NO2. The molecule has 0 saturated carbocycles. The Morgan fingerprint density at radius 1 is 1.25 bits per heavy atom. The van der Waals surface area contributed by atoms with Crippen molar-refractivity contribution in [3.05, 3.63) is 0 Å².